The number of anilines is 1. The minimum absolute atomic E-state index is 0.249. The fourth-order valence-corrected chi connectivity index (χ4v) is 3.34. The number of hydrogen-bond donors (Lipinski definition) is 0. The lowest BCUT2D eigenvalue weighted by Crippen LogP contribution is -2.31. The molecule has 0 atom stereocenters. The zero-order valence-corrected chi connectivity index (χ0v) is 14.9. The average molecular weight is 379 g/mol. The summed E-state index contributed by atoms with van der Waals surface area (Å²) in [4.78, 5) is 23.3. The molecule has 1 amide bonds. The maximum Gasteiger partial charge on any atom is 0.278 e. The molecular formula is C20H14FN3O2S. The molecule has 5 nitrogen and oxygen atoms in total. The molecule has 0 aliphatic carbocycles. The highest BCUT2D eigenvalue weighted by molar-refractivity contribution is 7.13. The third-order valence-electron chi connectivity index (χ3n) is 3.88. The number of benzene rings is 1. The van der Waals surface area contributed by atoms with Gasteiger partial charge in [0.05, 0.1) is 18.5 Å². The molecule has 0 unspecified atom stereocenters. The molecule has 0 spiro atoms. The highest BCUT2D eigenvalue weighted by Crippen LogP contribution is 2.26. The van der Waals surface area contributed by atoms with E-state index >= 15 is 0 Å². The first-order valence-corrected chi connectivity index (χ1v) is 9.05. The number of thiazole rings is 1. The molecule has 0 N–H and O–H groups in total. The Morgan fingerprint density at radius 3 is 2.67 bits per heavy atom. The highest BCUT2D eigenvalue weighted by atomic mass is 32.1. The van der Waals surface area contributed by atoms with E-state index in [1.54, 1.807) is 42.1 Å². The second-order valence-corrected chi connectivity index (χ2v) is 6.56. The topological polar surface area (TPSA) is 59.2 Å². The third kappa shape index (κ3) is 3.78. The van der Waals surface area contributed by atoms with E-state index in [1.165, 1.54) is 28.4 Å². The third-order valence-corrected chi connectivity index (χ3v) is 4.74. The smallest absolute Gasteiger partial charge is 0.278 e. The van der Waals surface area contributed by atoms with Crippen LogP contribution in [0.25, 0.3) is 10.8 Å². The van der Waals surface area contributed by atoms with Gasteiger partial charge in [-0.15, -0.1) is 11.3 Å². The largest absolute Gasteiger partial charge is 0.462 e. The maximum absolute atomic E-state index is 13.3. The molecule has 0 aliphatic rings. The summed E-state index contributed by atoms with van der Waals surface area (Å²) < 4.78 is 18.7. The minimum Gasteiger partial charge on any atom is -0.462 e. The van der Waals surface area contributed by atoms with E-state index < -0.39 is 0 Å². The van der Waals surface area contributed by atoms with Gasteiger partial charge < -0.3 is 9.32 Å². The number of rotatable bonds is 5. The molecule has 0 fully saturated rings. The summed E-state index contributed by atoms with van der Waals surface area (Å²) in [6.45, 7) is 0.249. The van der Waals surface area contributed by atoms with Crippen LogP contribution < -0.4 is 4.90 Å². The molecule has 3 aromatic heterocycles. The molecule has 4 aromatic rings. The second-order valence-electron chi connectivity index (χ2n) is 5.70. The lowest BCUT2D eigenvalue weighted by atomic mass is 10.2. The van der Waals surface area contributed by atoms with Gasteiger partial charge in [-0.1, -0.05) is 6.07 Å². The normalized spacial score (nSPS) is 10.7. The fraction of sp³-hybridized carbons (Fsp3) is 0.0500. The van der Waals surface area contributed by atoms with Gasteiger partial charge in [-0.3, -0.25) is 9.78 Å². The molecule has 0 radical (unpaired) electrons. The number of halogens is 1. The Bertz CT molecular complexity index is 1030. The molecule has 0 saturated heterocycles. The van der Waals surface area contributed by atoms with Crippen LogP contribution >= 0.6 is 11.3 Å². The molecule has 134 valence electrons. The summed E-state index contributed by atoms with van der Waals surface area (Å²) in [5.41, 5.74) is 1.59. The van der Waals surface area contributed by atoms with E-state index in [9.17, 15) is 9.18 Å². The summed E-state index contributed by atoms with van der Waals surface area (Å²) in [5, 5.41) is 2.31. The van der Waals surface area contributed by atoms with E-state index in [0.29, 0.717) is 22.1 Å². The number of aromatic nitrogens is 2. The van der Waals surface area contributed by atoms with Gasteiger partial charge in [-0.05, 0) is 48.5 Å². The van der Waals surface area contributed by atoms with Crippen molar-refractivity contribution in [3.8, 4) is 10.8 Å². The van der Waals surface area contributed by atoms with Gasteiger partial charge in [0.2, 0.25) is 0 Å². The quantitative estimate of drug-likeness (QED) is 0.500. The first-order chi connectivity index (χ1) is 13.2. The van der Waals surface area contributed by atoms with Crippen LogP contribution in [-0.4, -0.2) is 15.9 Å². The monoisotopic (exact) mass is 379 g/mol. The SMILES string of the molecule is O=C(c1csc(-c2ccco2)n1)N(Cc1ccccn1)c1ccc(F)cc1. The number of pyridine rings is 1. The summed E-state index contributed by atoms with van der Waals surface area (Å²) in [6.07, 6.45) is 3.23. The molecule has 0 aliphatic heterocycles. The van der Waals surface area contributed by atoms with Crippen molar-refractivity contribution in [2.45, 2.75) is 6.54 Å². The zero-order valence-electron chi connectivity index (χ0n) is 14.1. The van der Waals surface area contributed by atoms with E-state index in [-0.39, 0.29) is 18.3 Å². The summed E-state index contributed by atoms with van der Waals surface area (Å²) in [6, 6.07) is 14.8. The second kappa shape index (κ2) is 7.51. The standard InChI is InChI=1S/C20H14FN3O2S/c21-14-6-8-16(9-7-14)24(12-15-4-1-2-10-22-15)20(25)17-13-27-19(23-17)18-5-3-11-26-18/h1-11,13H,12H2. The number of nitrogens with zero attached hydrogens (tertiary/aromatic N) is 3. The molecule has 0 saturated carbocycles. The maximum atomic E-state index is 13.3. The lowest BCUT2D eigenvalue weighted by Gasteiger charge is -2.21. The van der Waals surface area contributed by atoms with Crippen molar-refractivity contribution in [1.82, 2.24) is 9.97 Å². The molecule has 1 aromatic carbocycles. The van der Waals surface area contributed by atoms with Crippen molar-refractivity contribution in [2.24, 2.45) is 0 Å². The van der Waals surface area contributed by atoms with E-state index in [0.717, 1.165) is 5.69 Å². The summed E-state index contributed by atoms with van der Waals surface area (Å²) in [7, 11) is 0. The lowest BCUT2D eigenvalue weighted by molar-refractivity contribution is 0.0980. The molecule has 4 rings (SSSR count). The Labute approximate surface area is 158 Å². The Hall–Kier alpha value is -3.32. The first-order valence-electron chi connectivity index (χ1n) is 8.17. The Morgan fingerprint density at radius 1 is 1.11 bits per heavy atom. The van der Waals surface area contributed by atoms with Gasteiger partial charge in [0, 0.05) is 17.3 Å². The van der Waals surface area contributed by atoms with Gasteiger partial charge in [0.1, 0.15) is 11.5 Å². The number of furan rings is 1. The van der Waals surface area contributed by atoms with Crippen molar-refractivity contribution >= 4 is 22.9 Å². The van der Waals surface area contributed by atoms with Crippen LogP contribution in [0, 0.1) is 5.82 Å². The Balaban J connectivity index is 1.67. The zero-order chi connectivity index (χ0) is 18.6. The van der Waals surface area contributed by atoms with Gasteiger partial charge in [0.25, 0.3) is 5.91 Å². The van der Waals surface area contributed by atoms with Crippen LogP contribution in [0.1, 0.15) is 16.2 Å². The van der Waals surface area contributed by atoms with E-state index in [1.807, 2.05) is 18.2 Å². The van der Waals surface area contributed by atoms with Gasteiger partial charge in [0.15, 0.2) is 10.8 Å². The van der Waals surface area contributed by atoms with Crippen molar-refractivity contribution in [1.29, 1.82) is 0 Å². The predicted molar refractivity (Wildman–Crippen MR) is 101 cm³/mol. The van der Waals surface area contributed by atoms with E-state index in [4.69, 9.17) is 4.42 Å². The van der Waals surface area contributed by atoms with Crippen molar-refractivity contribution in [2.75, 3.05) is 4.90 Å². The fourth-order valence-electron chi connectivity index (χ4n) is 2.58. The van der Waals surface area contributed by atoms with Crippen LogP contribution in [0.3, 0.4) is 0 Å². The van der Waals surface area contributed by atoms with Crippen LogP contribution in [0.5, 0.6) is 0 Å². The van der Waals surface area contributed by atoms with Gasteiger partial charge in [-0.2, -0.15) is 0 Å². The number of carbonyl (C=O) groups excluding carboxylic acids is 1. The van der Waals surface area contributed by atoms with E-state index in [2.05, 4.69) is 9.97 Å². The van der Waals surface area contributed by atoms with Gasteiger partial charge in [-0.25, -0.2) is 9.37 Å². The number of hydrogen-bond acceptors (Lipinski definition) is 5. The van der Waals surface area contributed by atoms with Crippen LogP contribution in [0.2, 0.25) is 0 Å². The number of amides is 1. The predicted octanol–water partition coefficient (Wildman–Crippen LogP) is 4.78. The molecule has 3 heterocycles. The van der Waals surface area contributed by atoms with Crippen LogP contribution in [0.15, 0.2) is 76.9 Å². The Kier molecular flexibility index (Phi) is 4.76. The van der Waals surface area contributed by atoms with Crippen molar-refractivity contribution in [3.05, 3.63) is 89.6 Å². The van der Waals surface area contributed by atoms with Gasteiger partial charge >= 0.3 is 0 Å². The van der Waals surface area contributed by atoms with Crippen LogP contribution in [-0.2, 0) is 6.54 Å². The Morgan fingerprint density at radius 2 is 1.96 bits per heavy atom. The molecule has 0 bridgehead atoms. The van der Waals surface area contributed by atoms with Crippen LogP contribution in [0.4, 0.5) is 10.1 Å². The molecule has 27 heavy (non-hydrogen) atoms. The first kappa shape index (κ1) is 17.1. The van der Waals surface area contributed by atoms with Crippen molar-refractivity contribution < 1.29 is 13.6 Å². The molecule has 7 heteroatoms. The number of carbonyl (C=O) groups is 1. The highest BCUT2D eigenvalue weighted by Gasteiger charge is 2.22. The minimum atomic E-state index is -0.363. The average Bonchev–Trinajstić information content (AvgIpc) is 3.39. The van der Waals surface area contributed by atoms with Crippen molar-refractivity contribution in [3.63, 3.8) is 0 Å². The summed E-state index contributed by atoms with van der Waals surface area (Å²) >= 11 is 1.33. The summed E-state index contributed by atoms with van der Waals surface area (Å²) in [5.74, 6) is -0.0452. The molecular weight excluding hydrogens is 365 g/mol.